The molecule has 0 amide bonds. The lowest BCUT2D eigenvalue weighted by Crippen LogP contribution is -2.13. The van der Waals surface area contributed by atoms with Crippen LogP contribution in [0.15, 0.2) is 12.1 Å². The van der Waals surface area contributed by atoms with Crippen LogP contribution in [0.4, 0.5) is 5.69 Å². The molecule has 0 atom stereocenters. The van der Waals surface area contributed by atoms with E-state index in [1.165, 1.54) is 13.2 Å². The molecule has 0 saturated heterocycles. The Hall–Kier alpha value is -1.42. The fraction of sp³-hybridized carbons (Fsp3) is 0.125. The maximum Gasteiger partial charge on any atom is 0.138 e. The van der Waals surface area contributed by atoms with Crippen LogP contribution in [0.3, 0.4) is 0 Å². The largest absolute Gasteiger partial charge is 0.495 e. The molecule has 0 aliphatic rings. The van der Waals surface area contributed by atoms with Crippen LogP contribution in [0, 0.1) is 5.41 Å². The van der Waals surface area contributed by atoms with E-state index in [1.807, 2.05) is 0 Å². The van der Waals surface area contributed by atoms with E-state index in [0.29, 0.717) is 22.0 Å². The Kier molecular flexibility index (Phi) is 2.63. The maximum absolute atomic E-state index is 7.22. The van der Waals surface area contributed by atoms with E-state index in [1.54, 1.807) is 6.07 Å². The lowest BCUT2D eigenvalue weighted by atomic mass is 10.1. The molecule has 5 N–H and O–H groups in total. The van der Waals surface area contributed by atoms with E-state index in [9.17, 15) is 0 Å². The standard InChI is InChI=1S/C8H10ClN3O/c1-13-7-2-4(8(11)12)6(10)3-5(7)9/h2-3H,10H2,1H3,(H3,11,12). The minimum Gasteiger partial charge on any atom is -0.495 e. The van der Waals surface area contributed by atoms with Gasteiger partial charge in [0.2, 0.25) is 0 Å². The molecule has 4 nitrogen and oxygen atoms in total. The van der Waals surface area contributed by atoms with Gasteiger partial charge in [0, 0.05) is 11.3 Å². The molecule has 0 aromatic heterocycles. The first-order valence-corrected chi connectivity index (χ1v) is 3.91. The molecule has 0 radical (unpaired) electrons. The predicted molar refractivity (Wildman–Crippen MR) is 53.4 cm³/mol. The smallest absolute Gasteiger partial charge is 0.138 e. The van der Waals surface area contributed by atoms with Crippen LogP contribution >= 0.6 is 11.6 Å². The highest BCUT2D eigenvalue weighted by Crippen LogP contribution is 2.29. The molecule has 0 aliphatic carbocycles. The van der Waals surface area contributed by atoms with Gasteiger partial charge in [-0.3, -0.25) is 5.41 Å². The Balaban J connectivity index is 3.30. The summed E-state index contributed by atoms with van der Waals surface area (Å²) in [5, 5.41) is 7.63. The Labute approximate surface area is 80.9 Å². The van der Waals surface area contributed by atoms with Crippen molar-refractivity contribution in [1.29, 1.82) is 5.41 Å². The van der Waals surface area contributed by atoms with Crippen LogP contribution in [-0.4, -0.2) is 12.9 Å². The molecule has 0 spiro atoms. The van der Waals surface area contributed by atoms with E-state index in [2.05, 4.69) is 0 Å². The monoisotopic (exact) mass is 199 g/mol. The molecule has 1 aromatic carbocycles. The van der Waals surface area contributed by atoms with Gasteiger partial charge in [-0.05, 0) is 12.1 Å². The van der Waals surface area contributed by atoms with Gasteiger partial charge in [0.1, 0.15) is 11.6 Å². The first kappa shape index (κ1) is 9.67. The van der Waals surface area contributed by atoms with E-state index in [-0.39, 0.29) is 5.84 Å². The molecule has 0 aliphatic heterocycles. The summed E-state index contributed by atoms with van der Waals surface area (Å²) in [6.07, 6.45) is 0. The van der Waals surface area contributed by atoms with Gasteiger partial charge in [0.05, 0.1) is 12.1 Å². The van der Waals surface area contributed by atoms with Gasteiger partial charge in [-0.2, -0.15) is 0 Å². The number of amidine groups is 1. The second-order valence-electron chi connectivity index (χ2n) is 2.49. The lowest BCUT2D eigenvalue weighted by molar-refractivity contribution is 0.415. The van der Waals surface area contributed by atoms with Crippen molar-refractivity contribution >= 4 is 23.1 Å². The van der Waals surface area contributed by atoms with Gasteiger partial charge in [-0.1, -0.05) is 11.6 Å². The van der Waals surface area contributed by atoms with Crippen molar-refractivity contribution < 1.29 is 4.74 Å². The summed E-state index contributed by atoms with van der Waals surface area (Å²) in [4.78, 5) is 0. The molecule has 0 unspecified atom stereocenters. The Bertz CT molecular complexity index is 351. The number of nitrogen functional groups attached to an aromatic ring is 2. The molecule has 1 aromatic rings. The van der Waals surface area contributed by atoms with Crippen molar-refractivity contribution in [2.75, 3.05) is 12.8 Å². The Morgan fingerprint density at radius 2 is 2.15 bits per heavy atom. The summed E-state index contributed by atoms with van der Waals surface area (Å²) in [6.45, 7) is 0. The van der Waals surface area contributed by atoms with E-state index >= 15 is 0 Å². The van der Waals surface area contributed by atoms with Gasteiger partial charge in [0.15, 0.2) is 0 Å². The average Bonchev–Trinajstić information content (AvgIpc) is 2.03. The quantitative estimate of drug-likeness (QED) is 0.380. The molecular weight excluding hydrogens is 190 g/mol. The molecule has 1 rings (SSSR count). The third-order valence-corrected chi connectivity index (χ3v) is 1.91. The maximum atomic E-state index is 7.22. The zero-order valence-electron chi connectivity index (χ0n) is 7.10. The molecule has 0 saturated carbocycles. The van der Waals surface area contributed by atoms with Crippen molar-refractivity contribution in [3.8, 4) is 5.75 Å². The number of halogens is 1. The summed E-state index contributed by atoms with van der Waals surface area (Å²) in [5.74, 6) is 0.355. The summed E-state index contributed by atoms with van der Waals surface area (Å²) in [7, 11) is 1.49. The third kappa shape index (κ3) is 1.84. The van der Waals surface area contributed by atoms with Gasteiger partial charge in [0.25, 0.3) is 0 Å². The number of rotatable bonds is 2. The fourth-order valence-electron chi connectivity index (χ4n) is 0.958. The molecule has 0 bridgehead atoms. The third-order valence-electron chi connectivity index (χ3n) is 1.61. The van der Waals surface area contributed by atoms with E-state index < -0.39 is 0 Å². The van der Waals surface area contributed by atoms with E-state index in [4.69, 9.17) is 33.2 Å². The zero-order valence-corrected chi connectivity index (χ0v) is 7.85. The van der Waals surface area contributed by atoms with Gasteiger partial charge >= 0.3 is 0 Å². The minimum absolute atomic E-state index is 0.104. The minimum atomic E-state index is -0.104. The average molecular weight is 200 g/mol. The van der Waals surface area contributed by atoms with E-state index in [0.717, 1.165) is 0 Å². The molecule has 0 heterocycles. The molecule has 0 fully saturated rings. The Morgan fingerprint density at radius 1 is 1.54 bits per heavy atom. The van der Waals surface area contributed by atoms with Crippen LogP contribution in [0.1, 0.15) is 5.56 Å². The number of benzene rings is 1. The highest BCUT2D eigenvalue weighted by atomic mass is 35.5. The van der Waals surface area contributed by atoms with Crippen LogP contribution in [0.5, 0.6) is 5.75 Å². The van der Waals surface area contributed by atoms with Crippen LogP contribution in [-0.2, 0) is 0 Å². The second-order valence-corrected chi connectivity index (χ2v) is 2.89. The number of nitrogens with one attached hydrogen (secondary N) is 1. The first-order chi connectivity index (χ1) is 6.06. The Morgan fingerprint density at radius 3 is 2.62 bits per heavy atom. The van der Waals surface area contributed by atoms with Crippen LogP contribution in [0.25, 0.3) is 0 Å². The summed E-state index contributed by atoms with van der Waals surface area (Å²) in [5.41, 5.74) is 11.7. The number of nitrogens with two attached hydrogens (primary N) is 2. The number of methoxy groups -OCH3 is 1. The summed E-state index contributed by atoms with van der Waals surface area (Å²) in [6, 6.07) is 3.05. The summed E-state index contributed by atoms with van der Waals surface area (Å²) >= 11 is 5.79. The number of hydrogen-bond donors (Lipinski definition) is 3. The number of anilines is 1. The van der Waals surface area contributed by atoms with Crippen LogP contribution < -0.4 is 16.2 Å². The van der Waals surface area contributed by atoms with Crippen LogP contribution in [0.2, 0.25) is 5.02 Å². The molecular formula is C8H10ClN3O. The van der Waals surface area contributed by atoms with Crippen molar-refractivity contribution in [1.82, 2.24) is 0 Å². The normalized spacial score (nSPS) is 9.69. The molecule has 13 heavy (non-hydrogen) atoms. The lowest BCUT2D eigenvalue weighted by Gasteiger charge is -2.08. The second kappa shape index (κ2) is 3.53. The van der Waals surface area contributed by atoms with Crippen molar-refractivity contribution in [3.05, 3.63) is 22.7 Å². The SMILES string of the molecule is COc1cc(C(=N)N)c(N)cc1Cl. The van der Waals surface area contributed by atoms with Gasteiger partial charge in [-0.15, -0.1) is 0 Å². The fourth-order valence-corrected chi connectivity index (χ4v) is 1.21. The van der Waals surface area contributed by atoms with Crippen molar-refractivity contribution in [2.24, 2.45) is 5.73 Å². The first-order valence-electron chi connectivity index (χ1n) is 3.53. The van der Waals surface area contributed by atoms with Gasteiger partial charge in [-0.25, -0.2) is 0 Å². The van der Waals surface area contributed by atoms with Gasteiger partial charge < -0.3 is 16.2 Å². The summed E-state index contributed by atoms with van der Waals surface area (Å²) < 4.78 is 4.95. The highest BCUT2D eigenvalue weighted by molar-refractivity contribution is 6.32. The number of hydrogen-bond acceptors (Lipinski definition) is 3. The molecule has 5 heteroatoms. The predicted octanol–water partition coefficient (Wildman–Crippen LogP) is 1.21. The zero-order chi connectivity index (χ0) is 10.0. The van der Waals surface area contributed by atoms with Crippen molar-refractivity contribution in [2.45, 2.75) is 0 Å². The van der Waals surface area contributed by atoms with Crippen molar-refractivity contribution in [3.63, 3.8) is 0 Å². The number of ether oxygens (including phenoxy) is 1. The molecule has 70 valence electrons. The topological polar surface area (TPSA) is 85.1 Å². The highest BCUT2D eigenvalue weighted by Gasteiger charge is 2.08.